The van der Waals surface area contributed by atoms with Crippen LogP contribution in [0.15, 0.2) is 0 Å². The lowest BCUT2D eigenvalue weighted by Gasteiger charge is -2.27. The van der Waals surface area contributed by atoms with Crippen molar-refractivity contribution in [1.82, 2.24) is 20.4 Å². The van der Waals surface area contributed by atoms with Crippen LogP contribution in [0.3, 0.4) is 0 Å². The Balaban J connectivity index is 2.42. The van der Waals surface area contributed by atoms with Crippen molar-refractivity contribution in [1.29, 1.82) is 0 Å². The van der Waals surface area contributed by atoms with Crippen LogP contribution in [0.25, 0.3) is 0 Å². The third kappa shape index (κ3) is 11.1. The molecule has 1 saturated heterocycles. The zero-order chi connectivity index (χ0) is 18.7. The van der Waals surface area contributed by atoms with Crippen molar-refractivity contribution in [2.75, 3.05) is 72.6 Å². The second-order valence-corrected chi connectivity index (χ2v) is 7.21. The fourth-order valence-corrected chi connectivity index (χ4v) is 2.54. The number of nitrogens with zero attached hydrogens (tertiary/aromatic N) is 2. The van der Waals surface area contributed by atoms with Crippen molar-refractivity contribution < 1.29 is 19.1 Å². The van der Waals surface area contributed by atoms with E-state index < -0.39 is 5.60 Å². The SMILES string of the molecule is COC(=O)CN1CCNCCN(CC(=O)OC(C)(C)C)CCNCC1. The summed E-state index contributed by atoms with van der Waals surface area (Å²) in [4.78, 5) is 27.6. The number of ether oxygens (including phenoxy) is 2. The number of esters is 2. The molecule has 0 unspecified atom stereocenters. The topological polar surface area (TPSA) is 83.1 Å². The summed E-state index contributed by atoms with van der Waals surface area (Å²) in [6.45, 7) is 12.5. The number of carbonyl (C=O) groups excluding carboxylic acids is 2. The summed E-state index contributed by atoms with van der Waals surface area (Å²) in [5, 5.41) is 6.74. The standard InChI is InChI=1S/C17H34N4O4/c1-17(2,3)25-16(23)14-21-11-7-18-5-9-20(13-15(22)24-4)10-6-19-8-12-21/h18-19H,5-14H2,1-4H3. The van der Waals surface area contributed by atoms with Gasteiger partial charge in [0, 0.05) is 52.4 Å². The molecule has 0 bridgehead atoms. The van der Waals surface area contributed by atoms with Crippen LogP contribution in [-0.4, -0.2) is 99.9 Å². The number of rotatable bonds is 4. The molecule has 0 aliphatic carbocycles. The molecular formula is C17H34N4O4. The Morgan fingerprint density at radius 2 is 1.24 bits per heavy atom. The lowest BCUT2D eigenvalue weighted by atomic mass is 10.2. The Morgan fingerprint density at radius 1 is 0.840 bits per heavy atom. The molecular weight excluding hydrogens is 324 g/mol. The molecule has 8 nitrogen and oxygen atoms in total. The zero-order valence-electron chi connectivity index (χ0n) is 16.1. The third-order valence-electron chi connectivity index (χ3n) is 3.77. The van der Waals surface area contributed by atoms with Crippen LogP contribution in [0.2, 0.25) is 0 Å². The van der Waals surface area contributed by atoms with Gasteiger partial charge in [-0.25, -0.2) is 0 Å². The Morgan fingerprint density at radius 3 is 1.60 bits per heavy atom. The van der Waals surface area contributed by atoms with Gasteiger partial charge >= 0.3 is 11.9 Å². The molecule has 1 aliphatic rings. The maximum Gasteiger partial charge on any atom is 0.320 e. The Bertz CT molecular complexity index is 398. The van der Waals surface area contributed by atoms with Crippen LogP contribution in [0.5, 0.6) is 0 Å². The predicted molar refractivity (Wildman–Crippen MR) is 96.5 cm³/mol. The first-order valence-corrected chi connectivity index (χ1v) is 8.95. The normalized spacial score (nSPS) is 19.5. The highest BCUT2D eigenvalue weighted by atomic mass is 16.6. The van der Waals surface area contributed by atoms with E-state index in [9.17, 15) is 9.59 Å². The molecule has 8 heteroatoms. The Labute approximate surface area is 151 Å². The first-order chi connectivity index (χ1) is 11.8. The van der Waals surface area contributed by atoms with Gasteiger partial charge in [-0.1, -0.05) is 0 Å². The van der Waals surface area contributed by atoms with Crippen molar-refractivity contribution in [3.63, 3.8) is 0 Å². The highest BCUT2D eigenvalue weighted by Gasteiger charge is 2.19. The van der Waals surface area contributed by atoms with E-state index in [0.717, 1.165) is 52.4 Å². The van der Waals surface area contributed by atoms with Crippen LogP contribution >= 0.6 is 0 Å². The predicted octanol–water partition coefficient (Wildman–Crippen LogP) is -0.702. The Hall–Kier alpha value is -1.22. The van der Waals surface area contributed by atoms with Gasteiger partial charge in [0.25, 0.3) is 0 Å². The van der Waals surface area contributed by atoms with Gasteiger partial charge < -0.3 is 20.1 Å². The Kier molecular flexibility index (Phi) is 9.96. The van der Waals surface area contributed by atoms with E-state index in [1.165, 1.54) is 7.11 Å². The van der Waals surface area contributed by atoms with E-state index >= 15 is 0 Å². The number of nitrogens with one attached hydrogen (secondary N) is 2. The summed E-state index contributed by atoms with van der Waals surface area (Å²) in [5.74, 6) is -0.403. The summed E-state index contributed by atoms with van der Waals surface area (Å²) in [6.07, 6.45) is 0. The average molecular weight is 358 g/mol. The summed E-state index contributed by atoms with van der Waals surface area (Å²) < 4.78 is 10.1. The molecule has 1 fully saturated rings. The number of carbonyl (C=O) groups is 2. The van der Waals surface area contributed by atoms with Gasteiger partial charge in [-0.15, -0.1) is 0 Å². The molecule has 2 N–H and O–H groups in total. The molecule has 146 valence electrons. The van der Waals surface area contributed by atoms with Crippen molar-refractivity contribution in [2.45, 2.75) is 26.4 Å². The minimum absolute atomic E-state index is 0.191. The summed E-state index contributed by atoms with van der Waals surface area (Å²) >= 11 is 0. The van der Waals surface area contributed by atoms with Gasteiger partial charge in [0.15, 0.2) is 0 Å². The zero-order valence-corrected chi connectivity index (χ0v) is 16.1. The van der Waals surface area contributed by atoms with Crippen molar-refractivity contribution in [3.05, 3.63) is 0 Å². The first-order valence-electron chi connectivity index (χ1n) is 8.95. The largest absolute Gasteiger partial charge is 0.468 e. The van der Waals surface area contributed by atoms with Gasteiger partial charge in [-0.2, -0.15) is 0 Å². The minimum atomic E-state index is -0.455. The molecule has 0 atom stereocenters. The maximum absolute atomic E-state index is 12.0. The average Bonchev–Trinajstić information content (AvgIpc) is 2.49. The second kappa shape index (κ2) is 11.4. The number of hydrogen-bond acceptors (Lipinski definition) is 8. The molecule has 0 aromatic heterocycles. The van der Waals surface area contributed by atoms with Crippen molar-refractivity contribution in [3.8, 4) is 0 Å². The summed E-state index contributed by atoms with van der Waals surface area (Å²) in [7, 11) is 1.41. The monoisotopic (exact) mass is 358 g/mol. The van der Waals surface area contributed by atoms with E-state index in [2.05, 4.69) is 20.4 Å². The van der Waals surface area contributed by atoms with Crippen LogP contribution in [-0.2, 0) is 19.1 Å². The molecule has 0 radical (unpaired) electrons. The fraction of sp³-hybridized carbons (Fsp3) is 0.882. The van der Waals surface area contributed by atoms with Crippen LogP contribution < -0.4 is 10.6 Å². The maximum atomic E-state index is 12.0. The van der Waals surface area contributed by atoms with E-state index in [0.29, 0.717) is 13.1 Å². The van der Waals surface area contributed by atoms with Crippen LogP contribution in [0, 0.1) is 0 Å². The van der Waals surface area contributed by atoms with E-state index in [-0.39, 0.29) is 11.9 Å². The quantitative estimate of drug-likeness (QED) is 0.639. The molecule has 0 amide bonds. The van der Waals surface area contributed by atoms with Crippen LogP contribution in [0.4, 0.5) is 0 Å². The van der Waals surface area contributed by atoms with Gasteiger partial charge in [0.2, 0.25) is 0 Å². The smallest absolute Gasteiger partial charge is 0.320 e. The molecule has 1 aliphatic heterocycles. The summed E-state index contributed by atoms with van der Waals surface area (Å²) in [5.41, 5.74) is -0.455. The van der Waals surface area contributed by atoms with E-state index in [4.69, 9.17) is 9.47 Å². The second-order valence-electron chi connectivity index (χ2n) is 7.21. The lowest BCUT2D eigenvalue weighted by molar-refractivity contribution is -0.156. The van der Waals surface area contributed by atoms with Crippen molar-refractivity contribution >= 4 is 11.9 Å². The minimum Gasteiger partial charge on any atom is -0.468 e. The lowest BCUT2D eigenvalue weighted by Crippen LogP contribution is -2.46. The fourth-order valence-electron chi connectivity index (χ4n) is 2.54. The molecule has 0 spiro atoms. The number of hydrogen-bond donors (Lipinski definition) is 2. The number of methoxy groups -OCH3 is 1. The molecule has 1 heterocycles. The molecule has 0 saturated carbocycles. The molecule has 25 heavy (non-hydrogen) atoms. The summed E-state index contributed by atoms with van der Waals surface area (Å²) in [6, 6.07) is 0. The van der Waals surface area contributed by atoms with E-state index in [1.54, 1.807) is 0 Å². The molecule has 0 aromatic rings. The molecule has 0 aromatic carbocycles. The van der Waals surface area contributed by atoms with Gasteiger partial charge in [-0.05, 0) is 20.8 Å². The van der Waals surface area contributed by atoms with E-state index in [1.807, 2.05) is 20.8 Å². The van der Waals surface area contributed by atoms with Crippen LogP contribution in [0.1, 0.15) is 20.8 Å². The highest BCUT2D eigenvalue weighted by Crippen LogP contribution is 2.07. The van der Waals surface area contributed by atoms with Gasteiger partial charge in [-0.3, -0.25) is 19.4 Å². The highest BCUT2D eigenvalue weighted by molar-refractivity contribution is 5.72. The van der Waals surface area contributed by atoms with Gasteiger partial charge in [0.1, 0.15) is 5.60 Å². The third-order valence-corrected chi connectivity index (χ3v) is 3.77. The van der Waals surface area contributed by atoms with Gasteiger partial charge in [0.05, 0.1) is 20.2 Å². The molecule has 1 rings (SSSR count). The van der Waals surface area contributed by atoms with Crippen molar-refractivity contribution in [2.24, 2.45) is 0 Å². The first kappa shape index (κ1) is 21.8.